The molecule has 0 aliphatic heterocycles. The van der Waals surface area contributed by atoms with E-state index in [4.69, 9.17) is 0 Å². The summed E-state index contributed by atoms with van der Waals surface area (Å²) in [5.41, 5.74) is 0.448. The van der Waals surface area contributed by atoms with E-state index in [2.05, 4.69) is 5.10 Å². The van der Waals surface area contributed by atoms with Crippen LogP contribution >= 0.6 is 0 Å². The molecule has 0 saturated heterocycles. The number of aromatic nitrogens is 2. The number of phenolic OH excluding ortho intramolecular Hbond substituents is 1. The lowest BCUT2D eigenvalue weighted by Gasteiger charge is -1.96. The summed E-state index contributed by atoms with van der Waals surface area (Å²) in [7, 11) is 0. The summed E-state index contributed by atoms with van der Waals surface area (Å²) in [6, 6.07) is 7.99. The van der Waals surface area contributed by atoms with Crippen LogP contribution in [0.4, 0.5) is 0 Å². The molecule has 1 N–H and O–H groups in total. The van der Waals surface area contributed by atoms with Gasteiger partial charge >= 0.3 is 0 Å². The van der Waals surface area contributed by atoms with E-state index in [0.717, 1.165) is 0 Å². The van der Waals surface area contributed by atoms with Crippen LogP contribution in [0.2, 0.25) is 0 Å². The Balaban J connectivity index is 2.15. The van der Waals surface area contributed by atoms with E-state index in [-0.39, 0.29) is 11.5 Å². The highest BCUT2D eigenvalue weighted by Gasteiger charge is 2.01. The minimum absolute atomic E-state index is 0.0818. The van der Waals surface area contributed by atoms with Gasteiger partial charge in [-0.3, -0.25) is 4.79 Å². The summed E-state index contributed by atoms with van der Waals surface area (Å²) in [4.78, 5) is 11.7. The largest absolute Gasteiger partial charge is 0.508 e. The van der Waals surface area contributed by atoms with Crippen LogP contribution < -0.4 is 0 Å². The zero-order chi connectivity index (χ0) is 11.4. The normalized spacial score (nSPS) is 10.8. The number of ketones is 1. The lowest BCUT2D eigenvalue weighted by atomic mass is 10.1. The van der Waals surface area contributed by atoms with Crippen molar-refractivity contribution in [1.29, 1.82) is 0 Å². The smallest absolute Gasteiger partial charge is 0.187 e. The van der Waals surface area contributed by atoms with Crippen LogP contribution in [0.3, 0.4) is 0 Å². The minimum Gasteiger partial charge on any atom is -0.508 e. The van der Waals surface area contributed by atoms with Crippen molar-refractivity contribution in [3.05, 3.63) is 54.4 Å². The zero-order valence-electron chi connectivity index (χ0n) is 8.45. The van der Waals surface area contributed by atoms with E-state index in [0.29, 0.717) is 5.56 Å². The lowest BCUT2D eigenvalue weighted by molar-refractivity contribution is 0.104. The molecule has 1 aromatic heterocycles. The molecule has 0 aliphatic rings. The lowest BCUT2D eigenvalue weighted by Crippen LogP contribution is -1.95. The van der Waals surface area contributed by atoms with E-state index in [1.165, 1.54) is 22.9 Å². The Morgan fingerprint density at radius 1 is 1.38 bits per heavy atom. The first kappa shape index (κ1) is 10.2. The fraction of sp³-hybridized carbons (Fsp3) is 0. The number of carbonyl (C=O) groups excluding carboxylic acids is 1. The van der Waals surface area contributed by atoms with Gasteiger partial charge in [0.05, 0.1) is 0 Å². The number of phenols is 1. The SMILES string of the molecule is O=C(/C=C/n1cccn1)c1cccc(O)c1. The minimum atomic E-state index is -0.175. The second-order valence-corrected chi connectivity index (χ2v) is 3.22. The molecular formula is C12H10N2O2. The first-order valence-corrected chi connectivity index (χ1v) is 4.76. The van der Waals surface area contributed by atoms with E-state index < -0.39 is 0 Å². The first-order chi connectivity index (χ1) is 7.75. The van der Waals surface area contributed by atoms with Crippen molar-refractivity contribution < 1.29 is 9.90 Å². The summed E-state index contributed by atoms with van der Waals surface area (Å²) in [5.74, 6) is -0.0928. The predicted molar refractivity (Wildman–Crippen MR) is 60.0 cm³/mol. The van der Waals surface area contributed by atoms with Gasteiger partial charge in [-0.05, 0) is 18.2 Å². The number of rotatable bonds is 3. The van der Waals surface area contributed by atoms with Crippen molar-refractivity contribution in [3.63, 3.8) is 0 Å². The molecule has 16 heavy (non-hydrogen) atoms. The molecule has 2 aromatic rings. The van der Waals surface area contributed by atoms with Crippen molar-refractivity contribution in [2.45, 2.75) is 0 Å². The maximum atomic E-state index is 11.7. The van der Waals surface area contributed by atoms with Crippen LogP contribution in [0.1, 0.15) is 10.4 Å². The summed E-state index contributed by atoms with van der Waals surface area (Å²) in [6.07, 6.45) is 6.32. The Morgan fingerprint density at radius 2 is 2.25 bits per heavy atom. The van der Waals surface area contributed by atoms with Crippen LogP contribution in [-0.2, 0) is 0 Å². The van der Waals surface area contributed by atoms with Crippen molar-refractivity contribution in [3.8, 4) is 5.75 Å². The van der Waals surface area contributed by atoms with E-state index >= 15 is 0 Å². The molecule has 0 saturated carbocycles. The highest BCUT2D eigenvalue weighted by molar-refractivity contribution is 6.06. The number of hydrogen-bond donors (Lipinski definition) is 1. The standard InChI is InChI=1S/C12H10N2O2/c15-11-4-1-3-10(9-11)12(16)5-8-14-7-2-6-13-14/h1-9,15H/b8-5+. The summed E-state index contributed by atoms with van der Waals surface area (Å²) >= 11 is 0. The summed E-state index contributed by atoms with van der Waals surface area (Å²) in [5, 5.41) is 13.1. The molecule has 4 nitrogen and oxygen atoms in total. The highest BCUT2D eigenvalue weighted by Crippen LogP contribution is 2.11. The third kappa shape index (κ3) is 2.36. The molecule has 0 fully saturated rings. The van der Waals surface area contributed by atoms with Gasteiger partial charge in [-0.25, -0.2) is 4.68 Å². The van der Waals surface area contributed by atoms with Gasteiger partial charge in [0.1, 0.15) is 5.75 Å². The Hall–Kier alpha value is -2.36. The Labute approximate surface area is 92.5 Å². The molecular weight excluding hydrogens is 204 g/mol. The Kier molecular flexibility index (Phi) is 2.82. The topological polar surface area (TPSA) is 55.1 Å². The van der Waals surface area contributed by atoms with Crippen molar-refractivity contribution in [1.82, 2.24) is 9.78 Å². The molecule has 4 heteroatoms. The number of benzene rings is 1. The molecule has 0 spiro atoms. The van der Waals surface area contributed by atoms with Crippen molar-refractivity contribution in [2.75, 3.05) is 0 Å². The van der Waals surface area contributed by atoms with Crippen LogP contribution in [0.25, 0.3) is 6.20 Å². The molecule has 0 radical (unpaired) electrons. The zero-order valence-corrected chi connectivity index (χ0v) is 8.45. The van der Waals surface area contributed by atoms with Crippen molar-refractivity contribution >= 4 is 12.0 Å². The number of allylic oxidation sites excluding steroid dienone is 1. The second-order valence-electron chi connectivity index (χ2n) is 3.22. The van der Waals surface area contributed by atoms with Gasteiger partial charge in [-0.15, -0.1) is 0 Å². The highest BCUT2D eigenvalue weighted by atomic mass is 16.3. The quantitative estimate of drug-likeness (QED) is 0.627. The third-order valence-corrected chi connectivity index (χ3v) is 2.03. The number of aromatic hydroxyl groups is 1. The maximum absolute atomic E-state index is 11.7. The third-order valence-electron chi connectivity index (χ3n) is 2.03. The molecule has 1 aromatic carbocycles. The van der Waals surface area contributed by atoms with Crippen LogP contribution in [0.5, 0.6) is 5.75 Å². The van der Waals surface area contributed by atoms with Gasteiger partial charge in [0.2, 0.25) is 0 Å². The maximum Gasteiger partial charge on any atom is 0.187 e. The average molecular weight is 214 g/mol. The summed E-state index contributed by atoms with van der Waals surface area (Å²) < 4.78 is 1.53. The second kappa shape index (κ2) is 4.44. The molecule has 80 valence electrons. The summed E-state index contributed by atoms with van der Waals surface area (Å²) in [6.45, 7) is 0. The van der Waals surface area contributed by atoms with Gasteiger partial charge in [-0.1, -0.05) is 12.1 Å². The molecule has 1 heterocycles. The molecule has 2 rings (SSSR count). The number of carbonyl (C=O) groups is 1. The molecule has 0 aliphatic carbocycles. The predicted octanol–water partition coefficient (Wildman–Crippen LogP) is 1.94. The fourth-order valence-corrected chi connectivity index (χ4v) is 1.27. The van der Waals surface area contributed by atoms with Crippen molar-refractivity contribution in [2.24, 2.45) is 0 Å². The van der Waals surface area contributed by atoms with Gasteiger partial charge < -0.3 is 5.11 Å². The molecule has 0 atom stereocenters. The van der Waals surface area contributed by atoms with Crippen LogP contribution in [0.15, 0.2) is 48.8 Å². The van der Waals surface area contributed by atoms with Gasteiger partial charge in [-0.2, -0.15) is 5.10 Å². The Bertz CT molecular complexity index is 516. The average Bonchev–Trinajstić information content (AvgIpc) is 2.78. The Morgan fingerprint density at radius 3 is 2.94 bits per heavy atom. The van der Waals surface area contributed by atoms with Gasteiger partial charge in [0.15, 0.2) is 5.78 Å². The number of nitrogens with zero attached hydrogens (tertiary/aromatic N) is 2. The van der Waals surface area contributed by atoms with E-state index in [1.54, 1.807) is 36.8 Å². The molecule has 0 amide bonds. The van der Waals surface area contributed by atoms with Gasteiger partial charge in [0.25, 0.3) is 0 Å². The van der Waals surface area contributed by atoms with Crippen LogP contribution in [-0.4, -0.2) is 20.7 Å². The fourth-order valence-electron chi connectivity index (χ4n) is 1.27. The van der Waals surface area contributed by atoms with Gasteiger partial charge in [0, 0.05) is 30.2 Å². The van der Waals surface area contributed by atoms with Crippen LogP contribution in [0, 0.1) is 0 Å². The number of hydrogen-bond acceptors (Lipinski definition) is 3. The van der Waals surface area contributed by atoms with E-state index in [1.807, 2.05) is 0 Å². The molecule has 0 bridgehead atoms. The monoisotopic (exact) mass is 214 g/mol. The molecule has 0 unspecified atom stereocenters. The van der Waals surface area contributed by atoms with E-state index in [9.17, 15) is 9.90 Å². The first-order valence-electron chi connectivity index (χ1n) is 4.76.